The van der Waals surface area contributed by atoms with Crippen molar-refractivity contribution in [3.05, 3.63) is 104 Å². The Morgan fingerprint density at radius 1 is 1.06 bits per heavy atom. The van der Waals surface area contributed by atoms with Gasteiger partial charge in [-0.2, -0.15) is 5.10 Å². The van der Waals surface area contributed by atoms with Crippen LogP contribution in [0.4, 0.5) is 5.69 Å². The van der Waals surface area contributed by atoms with E-state index in [1.807, 2.05) is 0 Å². The molecule has 4 aromatic rings. The molecule has 36 heavy (non-hydrogen) atoms. The molecule has 0 radical (unpaired) electrons. The molecular weight excluding hydrogens is 525 g/mol. The van der Waals surface area contributed by atoms with Gasteiger partial charge in [0.1, 0.15) is 11.8 Å². The highest BCUT2D eigenvalue weighted by Gasteiger charge is 2.26. The molecule has 8 nitrogen and oxygen atoms in total. The molecule has 0 saturated heterocycles. The maximum absolute atomic E-state index is 13.6. The van der Waals surface area contributed by atoms with E-state index in [1.54, 1.807) is 55.5 Å². The normalized spacial score (nSPS) is 11.8. The maximum atomic E-state index is 13.6. The Kier molecular flexibility index (Phi) is 7.61. The number of aromatic nitrogens is 3. The summed E-state index contributed by atoms with van der Waals surface area (Å²) >= 11 is 18.5. The number of carbonyl (C=O) groups is 2. The molecule has 0 saturated carbocycles. The first kappa shape index (κ1) is 25.7. The average molecular weight is 545 g/mol. The first-order chi connectivity index (χ1) is 17.2. The van der Waals surface area contributed by atoms with Crippen LogP contribution in [0.15, 0.2) is 60.8 Å². The summed E-state index contributed by atoms with van der Waals surface area (Å²) in [6.07, 6.45) is 0.919. The summed E-state index contributed by atoms with van der Waals surface area (Å²) in [7, 11) is 1.53. The zero-order chi connectivity index (χ0) is 26.0. The van der Waals surface area contributed by atoms with Crippen LogP contribution in [-0.2, 0) is 4.74 Å². The molecule has 2 amide bonds. The predicted octanol–water partition coefficient (Wildman–Crippen LogP) is 5.62. The summed E-state index contributed by atoms with van der Waals surface area (Å²) < 4.78 is 7.02. The molecule has 3 N–H and O–H groups in total. The number of amides is 2. The van der Waals surface area contributed by atoms with Crippen LogP contribution in [0.2, 0.25) is 15.1 Å². The zero-order valence-corrected chi connectivity index (χ0v) is 21.4. The molecule has 0 bridgehead atoms. The molecule has 2 aromatic carbocycles. The fourth-order valence-corrected chi connectivity index (χ4v) is 4.33. The number of carbonyl (C=O) groups excluding carboxylic acids is 2. The minimum Gasteiger partial charge on any atom is -0.370 e. The van der Waals surface area contributed by atoms with Crippen molar-refractivity contribution in [2.45, 2.75) is 13.0 Å². The van der Waals surface area contributed by atoms with Crippen molar-refractivity contribution in [3.8, 4) is 5.82 Å². The van der Waals surface area contributed by atoms with Crippen LogP contribution in [-0.4, -0.2) is 33.7 Å². The van der Waals surface area contributed by atoms with E-state index in [2.05, 4.69) is 15.4 Å². The van der Waals surface area contributed by atoms with Gasteiger partial charge in [-0.3, -0.25) is 9.59 Å². The second-order valence-electron chi connectivity index (χ2n) is 7.81. The number of aryl methyl sites for hydroxylation is 1. The Labute approximate surface area is 221 Å². The number of hydrogen-bond donors (Lipinski definition) is 2. The second kappa shape index (κ2) is 10.7. The average Bonchev–Trinajstić information content (AvgIpc) is 3.27. The van der Waals surface area contributed by atoms with Crippen molar-refractivity contribution >= 4 is 52.3 Å². The van der Waals surface area contributed by atoms with Crippen LogP contribution in [0, 0.1) is 6.92 Å². The van der Waals surface area contributed by atoms with Gasteiger partial charge in [0.15, 0.2) is 5.82 Å². The first-order valence-electron chi connectivity index (χ1n) is 10.6. The van der Waals surface area contributed by atoms with Gasteiger partial charge in [0.05, 0.1) is 22.0 Å². The number of methoxy groups -OCH3 is 1. The van der Waals surface area contributed by atoms with Gasteiger partial charge >= 0.3 is 0 Å². The first-order valence-corrected chi connectivity index (χ1v) is 11.7. The molecule has 0 spiro atoms. The summed E-state index contributed by atoms with van der Waals surface area (Å²) in [6, 6.07) is 15.0. The second-order valence-corrected chi connectivity index (χ2v) is 9.09. The molecule has 1 atom stereocenters. The van der Waals surface area contributed by atoms with Gasteiger partial charge in [-0.15, -0.1) is 0 Å². The molecule has 2 heterocycles. The van der Waals surface area contributed by atoms with Gasteiger partial charge in [0.25, 0.3) is 11.8 Å². The van der Waals surface area contributed by atoms with Crippen molar-refractivity contribution in [3.63, 3.8) is 0 Å². The summed E-state index contributed by atoms with van der Waals surface area (Å²) in [5.74, 6) is -1.07. The molecular formula is C25H20Cl3N5O3. The number of anilines is 1. The van der Waals surface area contributed by atoms with Crippen LogP contribution in [0.5, 0.6) is 0 Å². The van der Waals surface area contributed by atoms with Crippen LogP contribution in [0.25, 0.3) is 5.82 Å². The monoisotopic (exact) mass is 543 g/mol. The minimum atomic E-state index is -0.736. The highest BCUT2D eigenvalue weighted by atomic mass is 35.5. The Morgan fingerprint density at radius 2 is 1.78 bits per heavy atom. The third kappa shape index (κ3) is 5.22. The Balaban J connectivity index is 1.83. The van der Waals surface area contributed by atoms with E-state index in [9.17, 15) is 9.59 Å². The van der Waals surface area contributed by atoms with Crippen LogP contribution < -0.4 is 11.1 Å². The number of ether oxygens (including phenoxy) is 1. The largest absolute Gasteiger partial charge is 0.370 e. The highest BCUT2D eigenvalue weighted by Crippen LogP contribution is 2.30. The van der Waals surface area contributed by atoms with E-state index < -0.39 is 17.9 Å². The molecule has 184 valence electrons. The van der Waals surface area contributed by atoms with Crippen LogP contribution in [0.3, 0.4) is 0 Å². The Bertz CT molecular complexity index is 1450. The van der Waals surface area contributed by atoms with Crippen molar-refractivity contribution < 1.29 is 14.3 Å². The van der Waals surface area contributed by atoms with Crippen molar-refractivity contribution in [2.75, 3.05) is 12.4 Å². The van der Waals surface area contributed by atoms with E-state index in [-0.39, 0.29) is 27.8 Å². The highest BCUT2D eigenvalue weighted by molar-refractivity contribution is 6.32. The number of primary amides is 1. The van der Waals surface area contributed by atoms with Gasteiger partial charge in [0.2, 0.25) is 0 Å². The summed E-state index contributed by atoms with van der Waals surface area (Å²) in [5, 5.41) is 8.54. The number of halogens is 3. The minimum absolute atomic E-state index is 0.0754. The number of rotatable bonds is 7. The van der Waals surface area contributed by atoms with E-state index in [0.717, 1.165) is 5.56 Å². The van der Waals surface area contributed by atoms with Crippen molar-refractivity contribution in [1.29, 1.82) is 0 Å². The van der Waals surface area contributed by atoms with E-state index in [1.165, 1.54) is 24.1 Å². The Hall–Kier alpha value is -3.43. The molecule has 2 aromatic heterocycles. The van der Waals surface area contributed by atoms with E-state index >= 15 is 0 Å². The Morgan fingerprint density at radius 3 is 2.42 bits per heavy atom. The maximum Gasteiger partial charge on any atom is 0.274 e. The molecule has 1 unspecified atom stereocenters. The summed E-state index contributed by atoms with van der Waals surface area (Å²) in [5.41, 5.74) is 7.70. The van der Waals surface area contributed by atoms with Gasteiger partial charge in [-0.25, -0.2) is 9.67 Å². The van der Waals surface area contributed by atoms with E-state index in [0.29, 0.717) is 21.3 Å². The topological polar surface area (TPSA) is 112 Å². The lowest BCUT2D eigenvalue weighted by Gasteiger charge is -2.13. The number of nitrogens with zero attached hydrogens (tertiary/aromatic N) is 3. The van der Waals surface area contributed by atoms with Crippen molar-refractivity contribution in [2.24, 2.45) is 5.73 Å². The summed E-state index contributed by atoms with van der Waals surface area (Å²) in [4.78, 5) is 29.9. The number of nitrogens with one attached hydrogen (secondary N) is 1. The van der Waals surface area contributed by atoms with Crippen LogP contribution >= 0.6 is 34.8 Å². The third-order valence-electron chi connectivity index (χ3n) is 5.38. The molecule has 0 aliphatic rings. The fraction of sp³-hybridized carbons (Fsp3) is 0.120. The van der Waals surface area contributed by atoms with Gasteiger partial charge in [-0.05, 0) is 60.5 Å². The van der Waals surface area contributed by atoms with E-state index in [4.69, 9.17) is 45.3 Å². The molecule has 4 rings (SSSR count). The third-order valence-corrected chi connectivity index (χ3v) is 6.15. The molecule has 0 fully saturated rings. The lowest BCUT2D eigenvalue weighted by Crippen LogP contribution is -2.21. The fourth-order valence-electron chi connectivity index (χ4n) is 3.73. The zero-order valence-electron chi connectivity index (χ0n) is 19.1. The molecule has 0 aliphatic carbocycles. The quantitative estimate of drug-likeness (QED) is 0.313. The lowest BCUT2D eigenvalue weighted by molar-refractivity contribution is 0.100. The lowest BCUT2D eigenvalue weighted by atomic mass is 10.1. The number of hydrogen-bond acceptors (Lipinski definition) is 5. The molecule has 11 heteroatoms. The molecule has 0 aliphatic heterocycles. The SMILES string of the molecule is COC(c1ccc(Cl)cc1)c1cc(C(=O)Nc2c(C)cc(Cl)cc2C(N)=O)n(-c2ncccc2Cl)n1. The van der Waals surface area contributed by atoms with Gasteiger partial charge in [0, 0.05) is 23.4 Å². The number of benzene rings is 2. The smallest absolute Gasteiger partial charge is 0.274 e. The number of nitrogens with two attached hydrogens (primary N) is 1. The standard InChI is InChI=1S/C25H20Cl3N5O3/c1-13-10-16(27)11-17(23(29)34)21(13)31-25(35)20-12-19(22(36-2)14-5-7-15(26)8-6-14)32-33(20)24-18(28)4-3-9-30-24/h3-12,22H,1-2H3,(H2,29,34)(H,31,35). The van der Waals surface area contributed by atoms with Crippen LogP contribution in [0.1, 0.15) is 43.8 Å². The predicted molar refractivity (Wildman–Crippen MR) is 139 cm³/mol. The summed E-state index contributed by atoms with van der Waals surface area (Å²) in [6.45, 7) is 1.70. The van der Waals surface area contributed by atoms with Crippen molar-refractivity contribution in [1.82, 2.24) is 14.8 Å². The van der Waals surface area contributed by atoms with Gasteiger partial charge < -0.3 is 15.8 Å². The number of pyridine rings is 1. The van der Waals surface area contributed by atoms with Gasteiger partial charge in [-0.1, -0.05) is 46.9 Å².